The van der Waals surface area contributed by atoms with Crippen LogP contribution >= 0.6 is 11.3 Å². The highest BCUT2D eigenvalue weighted by molar-refractivity contribution is 7.12. The van der Waals surface area contributed by atoms with Gasteiger partial charge in [0.1, 0.15) is 0 Å². The Balaban J connectivity index is 1.75. The van der Waals surface area contributed by atoms with Crippen LogP contribution in [0.15, 0.2) is 17.5 Å². The molecular weight excluding hydrogens is 206 g/mol. The van der Waals surface area contributed by atoms with Crippen molar-refractivity contribution in [3.63, 3.8) is 0 Å². The maximum atomic E-state index is 12.2. The molecule has 0 aliphatic carbocycles. The predicted molar refractivity (Wildman–Crippen MR) is 61.3 cm³/mol. The van der Waals surface area contributed by atoms with Gasteiger partial charge < -0.3 is 5.32 Å². The quantitative estimate of drug-likeness (QED) is 0.777. The lowest BCUT2D eigenvalue weighted by Crippen LogP contribution is -2.40. The molecule has 3 heteroatoms. The third kappa shape index (κ3) is 1.74. The molecule has 80 valence electrons. The van der Waals surface area contributed by atoms with Crippen LogP contribution in [0.2, 0.25) is 0 Å². The van der Waals surface area contributed by atoms with E-state index in [1.165, 1.54) is 12.8 Å². The van der Waals surface area contributed by atoms with Crippen molar-refractivity contribution in [2.75, 3.05) is 0 Å². The van der Waals surface area contributed by atoms with E-state index in [0.29, 0.717) is 17.9 Å². The number of ketones is 1. The minimum Gasteiger partial charge on any atom is -0.311 e. The van der Waals surface area contributed by atoms with Gasteiger partial charge in [-0.25, -0.2) is 0 Å². The van der Waals surface area contributed by atoms with Crippen molar-refractivity contribution >= 4 is 17.1 Å². The predicted octanol–water partition coefficient (Wildman–Crippen LogP) is 2.46. The number of thiophene rings is 1. The summed E-state index contributed by atoms with van der Waals surface area (Å²) in [5.74, 6) is 0.658. The number of carbonyl (C=O) groups excluding carboxylic acids is 1. The summed E-state index contributed by atoms with van der Waals surface area (Å²) in [6.07, 6.45) is 4.62. The zero-order valence-corrected chi connectivity index (χ0v) is 9.43. The van der Waals surface area contributed by atoms with Gasteiger partial charge in [-0.15, -0.1) is 11.3 Å². The van der Waals surface area contributed by atoms with Gasteiger partial charge in [0.2, 0.25) is 0 Å². The van der Waals surface area contributed by atoms with E-state index in [1.54, 1.807) is 11.3 Å². The Morgan fingerprint density at radius 1 is 1.33 bits per heavy atom. The molecule has 2 fully saturated rings. The number of rotatable bonds is 2. The van der Waals surface area contributed by atoms with Crippen LogP contribution in [0.3, 0.4) is 0 Å². The highest BCUT2D eigenvalue weighted by Gasteiger charge is 2.36. The van der Waals surface area contributed by atoms with Crippen LogP contribution in [-0.4, -0.2) is 17.9 Å². The minimum atomic E-state index is 0.280. The molecule has 1 aromatic heterocycles. The summed E-state index contributed by atoms with van der Waals surface area (Å²) >= 11 is 1.58. The summed E-state index contributed by atoms with van der Waals surface area (Å²) < 4.78 is 0. The van der Waals surface area contributed by atoms with Crippen molar-refractivity contribution in [1.29, 1.82) is 0 Å². The summed E-state index contributed by atoms with van der Waals surface area (Å²) in [5.41, 5.74) is 0. The fourth-order valence-electron chi connectivity index (χ4n) is 2.89. The van der Waals surface area contributed by atoms with Gasteiger partial charge in [0.05, 0.1) is 4.88 Å². The van der Waals surface area contributed by atoms with Gasteiger partial charge in [-0.1, -0.05) is 6.07 Å². The van der Waals surface area contributed by atoms with Gasteiger partial charge in [-0.2, -0.15) is 0 Å². The Morgan fingerprint density at radius 3 is 2.67 bits per heavy atom. The third-order valence-electron chi connectivity index (χ3n) is 3.61. The summed E-state index contributed by atoms with van der Waals surface area (Å²) in [6.45, 7) is 0. The monoisotopic (exact) mass is 221 g/mol. The van der Waals surface area contributed by atoms with Gasteiger partial charge in [-0.3, -0.25) is 4.79 Å². The minimum absolute atomic E-state index is 0.280. The Hall–Kier alpha value is -0.670. The Labute approximate surface area is 93.7 Å². The van der Waals surface area contributed by atoms with E-state index < -0.39 is 0 Å². The first-order valence-electron chi connectivity index (χ1n) is 5.66. The first-order valence-corrected chi connectivity index (χ1v) is 6.54. The van der Waals surface area contributed by atoms with Crippen LogP contribution in [0.1, 0.15) is 35.4 Å². The fourth-order valence-corrected chi connectivity index (χ4v) is 3.63. The maximum absolute atomic E-state index is 12.2. The topological polar surface area (TPSA) is 29.1 Å². The van der Waals surface area contributed by atoms with Crippen molar-refractivity contribution in [1.82, 2.24) is 5.32 Å². The summed E-state index contributed by atoms with van der Waals surface area (Å²) in [5, 5.41) is 5.56. The van der Waals surface area contributed by atoms with Crippen LogP contribution in [-0.2, 0) is 0 Å². The van der Waals surface area contributed by atoms with E-state index in [2.05, 4.69) is 5.32 Å². The van der Waals surface area contributed by atoms with Crippen molar-refractivity contribution in [3.8, 4) is 0 Å². The van der Waals surface area contributed by atoms with Crippen molar-refractivity contribution < 1.29 is 4.79 Å². The smallest absolute Gasteiger partial charge is 0.175 e. The molecule has 2 atom stereocenters. The second kappa shape index (κ2) is 3.72. The van der Waals surface area contributed by atoms with E-state index in [-0.39, 0.29) is 5.92 Å². The molecule has 0 amide bonds. The average molecular weight is 221 g/mol. The second-order valence-electron chi connectivity index (χ2n) is 4.65. The lowest BCUT2D eigenvalue weighted by atomic mass is 9.88. The molecule has 2 unspecified atom stereocenters. The molecule has 2 bridgehead atoms. The molecule has 3 heterocycles. The molecule has 0 radical (unpaired) electrons. The SMILES string of the molecule is O=C(c1cccs1)C1CC2CCC(C1)N2. The molecule has 1 aromatic rings. The van der Waals surface area contributed by atoms with Crippen LogP contribution in [0, 0.1) is 5.92 Å². The third-order valence-corrected chi connectivity index (χ3v) is 4.49. The molecule has 1 N–H and O–H groups in total. The molecule has 15 heavy (non-hydrogen) atoms. The lowest BCUT2D eigenvalue weighted by Gasteiger charge is -2.27. The normalized spacial score (nSPS) is 34.3. The van der Waals surface area contributed by atoms with Crippen LogP contribution < -0.4 is 5.32 Å². The second-order valence-corrected chi connectivity index (χ2v) is 5.60. The average Bonchev–Trinajstić information content (AvgIpc) is 2.87. The maximum Gasteiger partial charge on any atom is 0.175 e. The molecular formula is C12H15NOS. The highest BCUT2D eigenvalue weighted by Crippen LogP contribution is 2.33. The molecule has 0 saturated carbocycles. The zero-order valence-electron chi connectivity index (χ0n) is 8.61. The van der Waals surface area contributed by atoms with Crippen LogP contribution in [0.5, 0.6) is 0 Å². The lowest BCUT2D eigenvalue weighted by molar-refractivity contribution is 0.0880. The Morgan fingerprint density at radius 2 is 2.07 bits per heavy atom. The van der Waals surface area contributed by atoms with Gasteiger partial charge >= 0.3 is 0 Å². The zero-order chi connectivity index (χ0) is 10.3. The molecule has 2 saturated heterocycles. The molecule has 0 aromatic carbocycles. The van der Waals surface area contributed by atoms with Crippen molar-refractivity contribution in [2.24, 2.45) is 5.92 Å². The van der Waals surface area contributed by atoms with Crippen LogP contribution in [0.4, 0.5) is 0 Å². The summed E-state index contributed by atoms with van der Waals surface area (Å²) in [7, 11) is 0. The number of nitrogens with one attached hydrogen (secondary N) is 1. The first-order chi connectivity index (χ1) is 7.33. The molecule has 2 nitrogen and oxygen atoms in total. The van der Waals surface area contributed by atoms with Gasteiger partial charge in [0, 0.05) is 18.0 Å². The first kappa shape index (κ1) is 9.55. The number of piperidine rings is 1. The van der Waals surface area contributed by atoms with E-state index in [0.717, 1.165) is 17.7 Å². The number of carbonyl (C=O) groups is 1. The molecule has 0 spiro atoms. The van der Waals surface area contributed by atoms with E-state index in [9.17, 15) is 4.79 Å². The summed E-state index contributed by atoms with van der Waals surface area (Å²) in [6, 6.07) is 5.14. The number of Topliss-reactive ketones (excluding diaryl/α,β-unsaturated/α-hetero) is 1. The molecule has 2 aliphatic heterocycles. The van der Waals surface area contributed by atoms with Crippen molar-refractivity contribution in [3.05, 3.63) is 22.4 Å². The van der Waals surface area contributed by atoms with Gasteiger partial charge in [0.25, 0.3) is 0 Å². The van der Waals surface area contributed by atoms with E-state index >= 15 is 0 Å². The molecule has 3 rings (SSSR count). The van der Waals surface area contributed by atoms with Crippen molar-refractivity contribution in [2.45, 2.75) is 37.8 Å². The Kier molecular flexibility index (Phi) is 2.37. The standard InChI is InChI=1S/C12H15NOS/c14-12(11-2-1-5-15-11)8-6-9-3-4-10(7-8)13-9/h1-2,5,8-10,13H,3-4,6-7H2. The Bertz CT molecular complexity index is 348. The molecule has 2 aliphatic rings. The number of fused-ring (bicyclic) bond motifs is 2. The highest BCUT2D eigenvalue weighted by atomic mass is 32.1. The summed E-state index contributed by atoms with van der Waals surface area (Å²) in [4.78, 5) is 13.1. The fraction of sp³-hybridized carbons (Fsp3) is 0.583. The number of hydrogen-bond donors (Lipinski definition) is 1. The largest absolute Gasteiger partial charge is 0.311 e. The van der Waals surface area contributed by atoms with E-state index in [4.69, 9.17) is 0 Å². The number of hydrogen-bond acceptors (Lipinski definition) is 3. The van der Waals surface area contributed by atoms with Gasteiger partial charge in [0.15, 0.2) is 5.78 Å². The van der Waals surface area contributed by atoms with Gasteiger partial charge in [-0.05, 0) is 37.1 Å². The van der Waals surface area contributed by atoms with Crippen LogP contribution in [0.25, 0.3) is 0 Å². The van der Waals surface area contributed by atoms with E-state index in [1.807, 2.05) is 17.5 Å².